The molecule has 328 valence electrons. The number of rotatable bonds is 8. The van der Waals surface area contributed by atoms with Crippen molar-refractivity contribution in [1.82, 2.24) is 9.13 Å². The van der Waals surface area contributed by atoms with Crippen LogP contribution >= 0.6 is 0 Å². The average molecular weight is 909 g/mol. The molecule has 0 bridgehead atoms. The molecule has 11 aromatic carbocycles. The van der Waals surface area contributed by atoms with Gasteiger partial charge in [-0.1, -0.05) is 200 Å². The molecule has 0 N–H and O–H groups in total. The van der Waals surface area contributed by atoms with E-state index >= 15 is 0 Å². The topological polar surface area (TPSA) is 23.0 Å². The summed E-state index contributed by atoms with van der Waals surface area (Å²) in [4.78, 5) is 0. The van der Waals surface area contributed by atoms with Gasteiger partial charge in [-0.05, 0) is 104 Å². The lowest BCUT2D eigenvalue weighted by Gasteiger charge is -2.34. The number of benzene rings is 11. The first kappa shape index (κ1) is 40.1. The lowest BCUT2D eigenvalue weighted by atomic mass is 9.99. The van der Waals surface area contributed by atoms with Gasteiger partial charge in [-0.2, -0.15) is 0 Å². The van der Waals surface area contributed by atoms with E-state index in [9.17, 15) is 0 Å². The Bertz CT molecular complexity index is 4190. The maximum absolute atomic E-state index is 6.48. The van der Waals surface area contributed by atoms with Crippen LogP contribution in [0.4, 0.5) is 0 Å². The molecule has 0 saturated carbocycles. The van der Waals surface area contributed by atoms with E-state index in [-0.39, 0.29) is 0 Å². The smallest absolute Gasteiger partial charge is 0.179 e. The van der Waals surface area contributed by atoms with Crippen LogP contribution in [0, 0.1) is 0 Å². The van der Waals surface area contributed by atoms with Crippen LogP contribution < -0.4 is 20.7 Å². The van der Waals surface area contributed by atoms with Crippen LogP contribution in [0.1, 0.15) is 0 Å². The van der Waals surface area contributed by atoms with Crippen LogP contribution in [0.3, 0.4) is 0 Å². The highest BCUT2D eigenvalue weighted by Crippen LogP contribution is 2.42. The molecule has 0 spiro atoms. The minimum absolute atomic E-state index is 0.888. The van der Waals surface area contributed by atoms with Crippen LogP contribution in [0.2, 0.25) is 0 Å². The van der Waals surface area contributed by atoms with Gasteiger partial charge >= 0.3 is 0 Å². The van der Waals surface area contributed by atoms with Gasteiger partial charge in [-0.25, -0.2) is 0 Å². The Kier molecular flexibility index (Phi) is 9.23. The zero-order chi connectivity index (χ0) is 46.2. The van der Waals surface area contributed by atoms with Crippen molar-refractivity contribution >= 4 is 94.4 Å². The summed E-state index contributed by atoms with van der Waals surface area (Å²) >= 11 is 0. The zero-order valence-electron chi connectivity index (χ0n) is 38.2. The Balaban J connectivity index is 1.00. The minimum atomic E-state index is -2.78. The summed E-state index contributed by atoms with van der Waals surface area (Å²) in [5.74, 6) is 0. The van der Waals surface area contributed by atoms with Gasteiger partial charge in [0, 0.05) is 49.3 Å². The SMILES string of the molecule is c1ccc(-c2ccc3c(c2)c2cccc(-c4ccc5c(c4)oc4ccccc45)c2n3-c2ccc3c(c2)c2ccccc2n3-c2cccc([Si](c3ccccc3)(c3ccccc3)c3ccccc3)c2)cc1. The van der Waals surface area contributed by atoms with Crippen molar-refractivity contribution in [3.05, 3.63) is 267 Å². The lowest BCUT2D eigenvalue weighted by molar-refractivity contribution is 0.669. The Hall–Kier alpha value is -8.96. The molecule has 0 fully saturated rings. The predicted octanol–water partition coefficient (Wildman–Crippen LogP) is 14.5. The molecule has 14 aromatic rings. The average Bonchev–Trinajstić information content (AvgIpc) is 4.09. The van der Waals surface area contributed by atoms with Crippen molar-refractivity contribution in [1.29, 1.82) is 0 Å². The number of para-hydroxylation sites is 3. The van der Waals surface area contributed by atoms with Crippen molar-refractivity contribution in [2.45, 2.75) is 0 Å². The van der Waals surface area contributed by atoms with E-state index < -0.39 is 8.07 Å². The molecule has 14 rings (SSSR count). The molecular formula is C66H44N2OSi. The molecule has 0 saturated heterocycles. The van der Waals surface area contributed by atoms with E-state index in [1.807, 2.05) is 6.07 Å². The van der Waals surface area contributed by atoms with Crippen molar-refractivity contribution in [3.8, 4) is 33.6 Å². The molecule has 0 radical (unpaired) electrons. The normalized spacial score (nSPS) is 12.0. The summed E-state index contributed by atoms with van der Waals surface area (Å²) in [7, 11) is -2.78. The number of hydrogen-bond donors (Lipinski definition) is 0. The fourth-order valence-corrected chi connectivity index (χ4v) is 16.4. The highest BCUT2D eigenvalue weighted by Gasteiger charge is 2.41. The molecule has 0 atom stereocenters. The van der Waals surface area contributed by atoms with Crippen LogP contribution in [0.15, 0.2) is 271 Å². The van der Waals surface area contributed by atoms with Gasteiger partial charge < -0.3 is 13.6 Å². The van der Waals surface area contributed by atoms with Gasteiger partial charge in [0.05, 0.1) is 22.1 Å². The van der Waals surface area contributed by atoms with Crippen molar-refractivity contribution < 1.29 is 4.42 Å². The Morgan fingerprint density at radius 3 is 1.54 bits per heavy atom. The Morgan fingerprint density at radius 1 is 0.271 bits per heavy atom. The summed E-state index contributed by atoms with van der Waals surface area (Å²) in [5.41, 5.74) is 13.4. The third-order valence-electron chi connectivity index (χ3n) is 14.7. The Morgan fingerprint density at radius 2 is 0.800 bits per heavy atom. The van der Waals surface area contributed by atoms with Gasteiger partial charge in [-0.3, -0.25) is 0 Å². The van der Waals surface area contributed by atoms with Gasteiger partial charge in [0.2, 0.25) is 0 Å². The van der Waals surface area contributed by atoms with Gasteiger partial charge in [0.1, 0.15) is 11.2 Å². The molecular weight excluding hydrogens is 865 g/mol. The third-order valence-corrected chi connectivity index (χ3v) is 19.4. The fraction of sp³-hybridized carbons (Fsp3) is 0. The monoisotopic (exact) mass is 908 g/mol. The second-order valence-electron chi connectivity index (χ2n) is 18.4. The van der Waals surface area contributed by atoms with E-state index in [4.69, 9.17) is 4.42 Å². The number of furan rings is 1. The second-order valence-corrected chi connectivity index (χ2v) is 22.2. The summed E-state index contributed by atoms with van der Waals surface area (Å²) in [5, 5.41) is 12.5. The molecule has 0 amide bonds. The van der Waals surface area contributed by atoms with E-state index in [1.54, 1.807) is 0 Å². The zero-order valence-corrected chi connectivity index (χ0v) is 39.2. The third kappa shape index (κ3) is 6.13. The van der Waals surface area contributed by atoms with Crippen LogP contribution in [-0.2, 0) is 0 Å². The van der Waals surface area contributed by atoms with Crippen molar-refractivity contribution in [2.75, 3.05) is 0 Å². The maximum atomic E-state index is 6.48. The van der Waals surface area contributed by atoms with E-state index in [0.717, 1.165) is 61.0 Å². The molecule has 3 heterocycles. The largest absolute Gasteiger partial charge is 0.456 e. The summed E-state index contributed by atoms with van der Waals surface area (Å²) in [6.07, 6.45) is 0. The molecule has 70 heavy (non-hydrogen) atoms. The number of fused-ring (bicyclic) bond motifs is 9. The van der Waals surface area contributed by atoms with E-state index in [2.05, 4.69) is 270 Å². The molecule has 0 aliphatic rings. The molecule has 3 aromatic heterocycles. The predicted molar refractivity (Wildman–Crippen MR) is 297 cm³/mol. The fourth-order valence-electron chi connectivity index (χ4n) is 11.6. The van der Waals surface area contributed by atoms with Crippen molar-refractivity contribution in [3.63, 3.8) is 0 Å². The molecule has 0 aliphatic carbocycles. The quantitative estimate of drug-likeness (QED) is 0.110. The van der Waals surface area contributed by atoms with Crippen LogP contribution in [0.25, 0.3) is 99.2 Å². The summed E-state index contributed by atoms with van der Waals surface area (Å²) in [6.45, 7) is 0. The second kappa shape index (κ2) is 16.1. The molecule has 0 aliphatic heterocycles. The first-order valence-corrected chi connectivity index (χ1v) is 26.1. The number of aromatic nitrogens is 2. The first-order chi connectivity index (χ1) is 34.7. The minimum Gasteiger partial charge on any atom is -0.456 e. The highest BCUT2D eigenvalue weighted by atomic mass is 28.3. The van der Waals surface area contributed by atoms with Crippen LogP contribution in [0.5, 0.6) is 0 Å². The standard InChI is InChI=1S/C66H44N2OSi/c1-5-19-45(20-6-1)46-36-39-63-59(41-46)58-32-18-31-54(47-35-38-57-56-30-14-16-34-64(56)69-65(57)42-47)66(58)68(63)49-37-40-62-60(44-49)55-29-13-15-33-61(55)67(62)48-21-17-28-53(43-48)70(50-22-7-2-8-23-50,51-24-9-3-10-25-51)52-26-11-4-12-27-52/h1-44H. The summed E-state index contributed by atoms with van der Waals surface area (Å²) < 4.78 is 11.4. The number of nitrogens with zero attached hydrogens (tertiary/aromatic N) is 2. The number of hydrogen-bond acceptors (Lipinski definition) is 1. The van der Waals surface area contributed by atoms with Gasteiger partial charge in [-0.15, -0.1) is 0 Å². The van der Waals surface area contributed by atoms with Crippen molar-refractivity contribution in [2.24, 2.45) is 0 Å². The molecule has 0 unspecified atom stereocenters. The van der Waals surface area contributed by atoms with E-state index in [1.165, 1.54) is 58.9 Å². The maximum Gasteiger partial charge on any atom is 0.179 e. The van der Waals surface area contributed by atoms with Gasteiger partial charge in [0.25, 0.3) is 0 Å². The molecule has 4 heteroatoms. The molecule has 3 nitrogen and oxygen atoms in total. The van der Waals surface area contributed by atoms with Crippen LogP contribution in [-0.4, -0.2) is 17.2 Å². The lowest BCUT2D eigenvalue weighted by Crippen LogP contribution is -2.74. The highest BCUT2D eigenvalue weighted by molar-refractivity contribution is 7.19. The van der Waals surface area contributed by atoms with E-state index in [0.29, 0.717) is 0 Å². The van der Waals surface area contributed by atoms with Gasteiger partial charge in [0.15, 0.2) is 8.07 Å². The first-order valence-electron chi connectivity index (χ1n) is 24.1. The summed E-state index contributed by atoms with van der Waals surface area (Å²) in [6, 6.07) is 98.3. The Labute approximate surface area is 406 Å².